The molecule has 1 aromatic heterocycles. The zero-order valence-corrected chi connectivity index (χ0v) is 11.2. The lowest BCUT2D eigenvalue weighted by atomic mass is 9.89. The van der Waals surface area contributed by atoms with Gasteiger partial charge in [0.2, 0.25) is 5.91 Å². The van der Waals surface area contributed by atoms with Gasteiger partial charge in [-0.1, -0.05) is 25.3 Å². The van der Waals surface area contributed by atoms with Crippen LogP contribution in [0.3, 0.4) is 0 Å². The smallest absolute Gasteiger partial charge is 0.244 e. The molecule has 1 saturated carbocycles. The molecule has 0 N–H and O–H groups in total. The number of tetrazole rings is 1. The fourth-order valence-electron chi connectivity index (χ4n) is 2.61. The first-order valence-corrected chi connectivity index (χ1v) is 6.89. The molecule has 1 fully saturated rings. The Morgan fingerprint density at radius 1 is 1.42 bits per heavy atom. The van der Waals surface area contributed by atoms with Gasteiger partial charge < -0.3 is 4.90 Å². The molecule has 0 unspecified atom stereocenters. The van der Waals surface area contributed by atoms with Crippen LogP contribution in [0.15, 0.2) is 19.0 Å². The van der Waals surface area contributed by atoms with Crippen LogP contribution in [0, 0.1) is 5.92 Å². The van der Waals surface area contributed by atoms with Crippen molar-refractivity contribution in [1.82, 2.24) is 25.1 Å². The third-order valence-corrected chi connectivity index (χ3v) is 3.59. The summed E-state index contributed by atoms with van der Waals surface area (Å²) in [6.45, 7) is 5.36. The summed E-state index contributed by atoms with van der Waals surface area (Å²) in [5, 5.41) is 10.8. The molecule has 6 heteroatoms. The van der Waals surface area contributed by atoms with E-state index in [2.05, 4.69) is 22.1 Å². The van der Waals surface area contributed by atoms with Crippen molar-refractivity contribution in [1.29, 1.82) is 0 Å². The van der Waals surface area contributed by atoms with Crippen molar-refractivity contribution in [3.63, 3.8) is 0 Å². The Kier molecular flexibility index (Phi) is 5.06. The third-order valence-electron chi connectivity index (χ3n) is 3.59. The summed E-state index contributed by atoms with van der Waals surface area (Å²) in [4.78, 5) is 14.1. The number of hydrogen-bond donors (Lipinski definition) is 0. The Morgan fingerprint density at radius 3 is 2.84 bits per heavy atom. The minimum Gasteiger partial charge on any atom is -0.337 e. The van der Waals surface area contributed by atoms with Crippen molar-refractivity contribution in [2.45, 2.75) is 38.6 Å². The molecule has 2 rings (SSSR count). The number of carbonyl (C=O) groups is 1. The van der Waals surface area contributed by atoms with E-state index in [-0.39, 0.29) is 12.5 Å². The highest BCUT2D eigenvalue weighted by Crippen LogP contribution is 2.24. The molecule has 0 aromatic carbocycles. The summed E-state index contributed by atoms with van der Waals surface area (Å²) >= 11 is 0. The molecule has 0 bridgehead atoms. The van der Waals surface area contributed by atoms with Gasteiger partial charge in [-0.05, 0) is 29.2 Å². The first-order valence-electron chi connectivity index (χ1n) is 6.89. The van der Waals surface area contributed by atoms with E-state index in [1.165, 1.54) is 43.1 Å². The Hall–Kier alpha value is -1.72. The predicted molar refractivity (Wildman–Crippen MR) is 71.2 cm³/mol. The lowest BCUT2D eigenvalue weighted by Gasteiger charge is -2.29. The fourth-order valence-corrected chi connectivity index (χ4v) is 2.61. The van der Waals surface area contributed by atoms with Crippen LogP contribution in [0.5, 0.6) is 0 Å². The van der Waals surface area contributed by atoms with Crippen molar-refractivity contribution >= 4 is 5.91 Å². The van der Waals surface area contributed by atoms with Gasteiger partial charge in [-0.15, -0.1) is 11.7 Å². The molecular formula is C13H21N5O. The van der Waals surface area contributed by atoms with Crippen LogP contribution in [-0.4, -0.2) is 44.1 Å². The number of nitrogens with zero attached hydrogens (tertiary/aromatic N) is 5. The van der Waals surface area contributed by atoms with Crippen molar-refractivity contribution in [3.05, 3.63) is 19.0 Å². The van der Waals surface area contributed by atoms with Crippen LogP contribution in [0.1, 0.15) is 32.1 Å². The molecule has 19 heavy (non-hydrogen) atoms. The number of hydrogen-bond acceptors (Lipinski definition) is 4. The fraction of sp³-hybridized carbons (Fsp3) is 0.692. The SMILES string of the molecule is C=CCN(CC1CCCCC1)C(=O)Cn1cnnn1. The van der Waals surface area contributed by atoms with Crippen molar-refractivity contribution in [3.8, 4) is 0 Å². The van der Waals surface area contributed by atoms with Crippen molar-refractivity contribution < 1.29 is 4.79 Å². The van der Waals surface area contributed by atoms with E-state index in [0.717, 1.165) is 6.54 Å². The quantitative estimate of drug-likeness (QED) is 0.725. The van der Waals surface area contributed by atoms with Gasteiger partial charge in [-0.25, -0.2) is 4.68 Å². The highest BCUT2D eigenvalue weighted by Gasteiger charge is 2.20. The Morgan fingerprint density at radius 2 is 2.21 bits per heavy atom. The van der Waals surface area contributed by atoms with Crippen LogP contribution in [0.4, 0.5) is 0 Å². The summed E-state index contributed by atoms with van der Waals surface area (Å²) < 4.78 is 1.46. The molecule has 1 amide bonds. The number of carbonyl (C=O) groups excluding carboxylic acids is 1. The molecule has 0 atom stereocenters. The zero-order chi connectivity index (χ0) is 13.5. The average molecular weight is 263 g/mol. The maximum Gasteiger partial charge on any atom is 0.244 e. The molecule has 1 aliphatic rings. The van der Waals surface area contributed by atoms with Gasteiger partial charge in [-0.3, -0.25) is 4.79 Å². The minimum atomic E-state index is 0.0535. The molecule has 0 radical (unpaired) electrons. The molecule has 0 saturated heterocycles. The Bertz CT molecular complexity index is 397. The number of amides is 1. The minimum absolute atomic E-state index is 0.0535. The van der Waals surface area contributed by atoms with Crippen LogP contribution in [-0.2, 0) is 11.3 Å². The van der Waals surface area contributed by atoms with Crippen molar-refractivity contribution in [2.75, 3.05) is 13.1 Å². The van der Waals surface area contributed by atoms with E-state index in [1.807, 2.05) is 4.90 Å². The standard InChI is InChI=1S/C13H21N5O/c1-2-8-17(9-12-6-4-3-5-7-12)13(19)10-18-11-14-15-16-18/h2,11-12H,1,3-10H2. The molecule has 104 valence electrons. The first-order chi connectivity index (χ1) is 9.29. The Labute approximate surface area is 113 Å². The molecule has 6 nitrogen and oxygen atoms in total. The second-order valence-electron chi connectivity index (χ2n) is 5.10. The average Bonchev–Trinajstić information content (AvgIpc) is 2.92. The van der Waals surface area contributed by atoms with Crippen molar-refractivity contribution in [2.24, 2.45) is 5.92 Å². The molecule has 1 aliphatic carbocycles. The Balaban J connectivity index is 1.90. The summed E-state index contributed by atoms with van der Waals surface area (Å²) in [5.41, 5.74) is 0. The third kappa shape index (κ3) is 4.15. The van der Waals surface area contributed by atoms with Gasteiger partial charge in [-0.2, -0.15) is 0 Å². The lowest BCUT2D eigenvalue weighted by molar-refractivity contribution is -0.132. The molecular weight excluding hydrogens is 242 g/mol. The number of rotatable bonds is 6. The van der Waals surface area contributed by atoms with Gasteiger partial charge >= 0.3 is 0 Å². The summed E-state index contributed by atoms with van der Waals surface area (Å²) in [6, 6.07) is 0. The van der Waals surface area contributed by atoms with Gasteiger partial charge in [0.25, 0.3) is 0 Å². The van der Waals surface area contributed by atoms with Crippen LogP contribution in [0.25, 0.3) is 0 Å². The molecule has 0 aliphatic heterocycles. The molecule has 0 spiro atoms. The number of aromatic nitrogens is 4. The van der Waals surface area contributed by atoms with E-state index >= 15 is 0 Å². The van der Waals surface area contributed by atoms with Gasteiger partial charge in [0, 0.05) is 13.1 Å². The predicted octanol–water partition coefficient (Wildman–Crippen LogP) is 1.27. The maximum absolute atomic E-state index is 12.2. The maximum atomic E-state index is 12.2. The summed E-state index contributed by atoms with van der Waals surface area (Å²) in [5.74, 6) is 0.685. The highest BCUT2D eigenvalue weighted by atomic mass is 16.2. The van der Waals surface area contributed by atoms with E-state index in [0.29, 0.717) is 12.5 Å². The van der Waals surface area contributed by atoms with Gasteiger partial charge in [0.1, 0.15) is 12.9 Å². The largest absolute Gasteiger partial charge is 0.337 e. The molecule has 1 heterocycles. The zero-order valence-electron chi connectivity index (χ0n) is 11.2. The summed E-state index contributed by atoms with van der Waals surface area (Å²) in [6.07, 6.45) is 9.60. The lowest BCUT2D eigenvalue weighted by Crippen LogP contribution is -2.38. The van der Waals surface area contributed by atoms with E-state index < -0.39 is 0 Å². The highest BCUT2D eigenvalue weighted by molar-refractivity contribution is 5.76. The second-order valence-corrected chi connectivity index (χ2v) is 5.10. The van der Waals surface area contributed by atoms with Crippen LogP contribution < -0.4 is 0 Å². The van der Waals surface area contributed by atoms with Crippen LogP contribution >= 0.6 is 0 Å². The van der Waals surface area contributed by atoms with Gasteiger partial charge in [0.05, 0.1) is 0 Å². The van der Waals surface area contributed by atoms with E-state index in [9.17, 15) is 4.79 Å². The topological polar surface area (TPSA) is 63.9 Å². The van der Waals surface area contributed by atoms with E-state index in [1.54, 1.807) is 6.08 Å². The summed E-state index contributed by atoms with van der Waals surface area (Å²) in [7, 11) is 0. The van der Waals surface area contributed by atoms with E-state index in [4.69, 9.17) is 0 Å². The van der Waals surface area contributed by atoms with Gasteiger partial charge in [0.15, 0.2) is 0 Å². The first kappa shape index (κ1) is 13.7. The van der Waals surface area contributed by atoms with Crippen LogP contribution in [0.2, 0.25) is 0 Å². The second kappa shape index (κ2) is 7.01. The monoisotopic (exact) mass is 263 g/mol. The normalized spacial score (nSPS) is 16.2. The molecule has 1 aromatic rings.